The van der Waals surface area contributed by atoms with E-state index in [1.54, 1.807) is 6.07 Å². The van der Waals surface area contributed by atoms with Crippen molar-refractivity contribution in [1.29, 1.82) is 0 Å². The fourth-order valence-corrected chi connectivity index (χ4v) is 4.44. The maximum Gasteiger partial charge on any atom is 0.340 e. The number of nitrogens with zero attached hydrogens (tertiary/aromatic N) is 1. The monoisotopic (exact) mass is 299 g/mol. The highest BCUT2D eigenvalue weighted by Gasteiger charge is 2.31. The molecule has 0 amide bonds. The van der Waals surface area contributed by atoms with Gasteiger partial charge in [0.25, 0.3) is 0 Å². The number of ether oxygens (including phenoxy) is 1. The second kappa shape index (κ2) is 5.24. The SMILES string of the molecule is Cc1cc(C(=O)O[C@H]2CCS(=O)(=O)C2)c(C)n1C(C)C. The van der Waals surface area contributed by atoms with Gasteiger partial charge >= 0.3 is 5.97 Å². The number of hydrogen-bond acceptors (Lipinski definition) is 4. The molecule has 0 unspecified atom stereocenters. The van der Waals surface area contributed by atoms with Crippen LogP contribution in [-0.2, 0) is 14.6 Å². The summed E-state index contributed by atoms with van der Waals surface area (Å²) in [7, 11) is -3.03. The van der Waals surface area contributed by atoms with Crippen LogP contribution < -0.4 is 0 Å². The van der Waals surface area contributed by atoms with Crippen molar-refractivity contribution in [3.8, 4) is 0 Å². The summed E-state index contributed by atoms with van der Waals surface area (Å²) in [6.45, 7) is 7.94. The van der Waals surface area contributed by atoms with Crippen LogP contribution in [0.1, 0.15) is 48.1 Å². The van der Waals surface area contributed by atoms with Crippen molar-refractivity contribution in [3.05, 3.63) is 23.0 Å². The molecule has 1 aromatic rings. The minimum atomic E-state index is -3.03. The van der Waals surface area contributed by atoms with Crippen LogP contribution in [-0.4, -0.2) is 36.6 Å². The van der Waals surface area contributed by atoms with Crippen LogP contribution in [0.4, 0.5) is 0 Å². The zero-order chi connectivity index (χ0) is 15.1. The Kier molecular flexibility index (Phi) is 3.95. The van der Waals surface area contributed by atoms with Gasteiger partial charge in [0.2, 0.25) is 0 Å². The van der Waals surface area contributed by atoms with Crippen LogP contribution in [0.5, 0.6) is 0 Å². The van der Waals surface area contributed by atoms with Crippen molar-refractivity contribution < 1.29 is 17.9 Å². The van der Waals surface area contributed by atoms with Crippen LogP contribution in [0.2, 0.25) is 0 Å². The number of aromatic nitrogens is 1. The van der Waals surface area contributed by atoms with Crippen LogP contribution in [0.15, 0.2) is 6.07 Å². The quantitative estimate of drug-likeness (QED) is 0.801. The number of carbonyl (C=O) groups is 1. The molecule has 0 bridgehead atoms. The van der Waals surface area contributed by atoms with E-state index in [2.05, 4.69) is 18.4 Å². The zero-order valence-corrected chi connectivity index (χ0v) is 13.2. The van der Waals surface area contributed by atoms with E-state index < -0.39 is 21.9 Å². The van der Waals surface area contributed by atoms with Gasteiger partial charge in [-0.2, -0.15) is 0 Å². The predicted octanol–water partition coefficient (Wildman–Crippen LogP) is 2.03. The summed E-state index contributed by atoms with van der Waals surface area (Å²) in [4.78, 5) is 12.2. The summed E-state index contributed by atoms with van der Waals surface area (Å²) in [6.07, 6.45) is -0.105. The van der Waals surface area contributed by atoms with E-state index in [1.165, 1.54) is 0 Å². The molecule has 0 aliphatic carbocycles. The number of aryl methyl sites for hydroxylation is 1. The summed E-state index contributed by atoms with van der Waals surface area (Å²) in [5, 5.41) is 0. The fourth-order valence-electron chi connectivity index (χ4n) is 2.85. The van der Waals surface area contributed by atoms with E-state index in [-0.39, 0.29) is 17.5 Å². The van der Waals surface area contributed by atoms with Gasteiger partial charge in [0, 0.05) is 17.4 Å². The van der Waals surface area contributed by atoms with Crippen molar-refractivity contribution in [3.63, 3.8) is 0 Å². The summed E-state index contributed by atoms with van der Waals surface area (Å²) in [6, 6.07) is 2.07. The van der Waals surface area contributed by atoms with Crippen molar-refractivity contribution in [2.45, 2.75) is 46.3 Å². The Hall–Kier alpha value is -1.30. The Labute approximate surface area is 119 Å². The lowest BCUT2D eigenvalue weighted by Crippen LogP contribution is -2.20. The molecule has 1 aliphatic rings. The van der Waals surface area contributed by atoms with E-state index >= 15 is 0 Å². The molecule has 1 aromatic heterocycles. The molecule has 1 atom stereocenters. The maximum absolute atomic E-state index is 12.2. The highest BCUT2D eigenvalue weighted by molar-refractivity contribution is 7.91. The van der Waals surface area contributed by atoms with E-state index in [0.717, 1.165) is 11.4 Å². The summed E-state index contributed by atoms with van der Waals surface area (Å²) in [5.41, 5.74) is 2.40. The van der Waals surface area contributed by atoms with Crippen LogP contribution in [0.3, 0.4) is 0 Å². The minimum absolute atomic E-state index is 0.0539. The molecule has 2 heterocycles. The Morgan fingerprint density at radius 2 is 2.05 bits per heavy atom. The Balaban J connectivity index is 2.17. The number of sulfone groups is 1. The first-order chi connectivity index (χ1) is 9.21. The third-order valence-corrected chi connectivity index (χ3v) is 5.42. The molecule has 1 saturated heterocycles. The van der Waals surface area contributed by atoms with E-state index in [1.807, 2.05) is 13.8 Å². The number of hydrogen-bond donors (Lipinski definition) is 0. The molecule has 6 heteroatoms. The van der Waals surface area contributed by atoms with Gasteiger partial charge in [-0.1, -0.05) is 0 Å². The van der Waals surface area contributed by atoms with Crippen molar-refractivity contribution >= 4 is 15.8 Å². The van der Waals surface area contributed by atoms with Gasteiger partial charge in [-0.25, -0.2) is 13.2 Å². The fraction of sp³-hybridized carbons (Fsp3) is 0.643. The Morgan fingerprint density at radius 3 is 2.50 bits per heavy atom. The minimum Gasteiger partial charge on any atom is -0.458 e. The third kappa shape index (κ3) is 2.90. The van der Waals surface area contributed by atoms with E-state index in [0.29, 0.717) is 12.0 Å². The van der Waals surface area contributed by atoms with Crippen LogP contribution in [0.25, 0.3) is 0 Å². The van der Waals surface area contributed by atoms with Crippen molar-refractivity contribution in [2.75, 3.05) is 11.5 Å². The molecule has 5 nitrogen and oxygen atoms in total. The van der Waals surface area contributed by atoms with Gasteiger partial charge in [0.15, 0.2) is 9.84 Å². The van der Waals surface area contributed by atoms with Gasteiger partial charge in [-0.15, -0.1) is 0 Å². The summed E-state index contributed by atoms with van der Waals surface area (Å²) < 4.78 is 30.2. The highest BCUT2D eigenvalue weighted by Crippen LogP contribution is 2.23. The summed E-state index contributed by atoms with van der Waals surface area (Å²) >= 11 is 0. The number of esters is 1. The first kappa shape index (κ1) is 15.1. The second-order valence-electron chi connectivity index (χ2n) is 5.68. The molecule has 0 saturated carbocycles. The van der Waals surface area contributed by atoms with Gasteiger partial charge in [-0.05, 0) is 40.2 Å². The molecule has 2 rings (SSSR count). The summed E-state index contributed by atoms with van der Waals surface area (Å²) in [5.74, 6) is -0.371. The molecule has 20 heavy (non-hydrogen) atoms. The molecule has 0 N–H and O–H groups in total. The molecule has 0 radical (unpaired) electrons. The molecule has 1 fully saturated rings. The van der Waals surface area contributed by atoms with Gasteiger partial charge in [-0.3, -0.25) is 0 Å². The van der Waals surface area contributed by atoms with E-state index in [9.17, 15) is 13.2 Å². The molecular formula is C14H21NO4S. The lowest BCUT2D eigenvalue weighted by molar-refractivity contribution is 0.0355. The molecular weight excluding hydrogens is 278 g/mol. The average Bonchev–Trinajstić information content (AvgIpc) is 2.78. The third-order valence-electron chi connectivity index (χ3n) is 3.69. The Bertz CT molecular complexity index is 628. The van der Waals surface area contributed by atoms with Gasteiger partial charge in [0.1, 0.15) is 6.10 Å². The van der Waals surface area contributed by atoms with Gasteiger partial charge < -0.3 is 9.30 Å². The molecule has 0 spiro atoms. The maximum atomic E-state index is 12.2. The lowest BCUT2D eigenvalue weighted by Gasteiger charge is -2.14. The van der Waals surface area contributed by atoms with Gasteiger partial charge in [0.05, 0.1) is 17.1 Å². The van der Waals surface area contributed by atoms with Crippen molar-refractivity contribution in [2.24, 2.45) is 0 Å². The van der Waals surface area contributed by atoms with Crippen LogP contribution >= 0.6 is 0 Å². The topological polar surface area (TPSA) is 65.4 Å². The molecule has 112 valence electrons. The van der Waals surface area contributed by atoms with Crippen LogP contribution in [0, 0.1) is 13.8 Å². The zero-order valence-electron chi connectivity index (χ0n) is 12.3. The molecule has 1 aliphatic heterocycles. The Morgan fingerprint density at radius 1 is 1.40 bits per heavy atom. The predicted molar refractivity (Wildman–Crippen MR) is 76.8 cm³/mol. The number of rotatable bonds is 3. The van der Waals surface area contributed by atoms with Crippen molar-refractivity contribution in [1.82, 2.24) is 4.57 Å². The van der Waals surface area contributed by atoms with E-state index in [4.69, 9.17) is 4.74 Å². The normalized spacial score (nSPS) is 21.4. The lowest BCUT2D eigenvalue weighted by atomic mass is 10.2. The highest BCUT2D eigenvalue weighted by atomic mass is 32.2. The second-order valence-corrected chi connectivity index (χ2v) is 7.91. The smallest absolute Gasteiger partial charge is 0.340 e. The largest absolute Gasteiger partial charge is 0.458 e. The standard InChI is InChI=1S/C14H21NO4S/c1-9(2)15-10(3)7-13(11(15)4)14(16)19-12-5-6-20(17,18)8-12/h7,9,12H,5-6,8H2,1-4H3/t12-/m0/s1. The number of carbonyl (C=O) groups excluding carboxylic acids is 1. The first-order valence-electron chi connectivity index (χ1n) is 6.81. The average molecular weight is 299 g/mol. The molecule has 0 aromatic carbocycles. The first-order valence-corrected chi connectivity index (χ1v) is 8.63.